The first-order valence-electron chi connectivity index (χ1n) is 6.84. The Morgan fingerprint density at radius 2 is 1.82 bits per heavy atom. The van der Waals surface area contributed by atoms with Crippen LogP contribution >= 0.6 is 0 Å². The topological polar surface area (TPSA) is 43.8 Å². The average Bonchev–Trinajstić information content (AvgIpc) is 2.96. The second-order valence-corrected chi connectivity index (χ2v) is 5.51. The van der Waals surface area contributed by atoms with E-state index in [1.54, 1.807) is 0 Å². The van der Waals surface area contributed by atoms with E-state index in [0.717, 1.165) is 39.0 Å². The minimum absolute atomic E-state index is 0.467. The van der Waals surface area contributed by atoms with Crippen molar-refractivity contribution in [3.63, 3.8) is 0 Å². The highest BCUT2D eigenvalue weighted by molar-refractivity contribution is 5.75. The molecule has 0 saturated carbocycles. The molecule has 0 amide bonds. The third kappa shape index (κ3) is 2.80. The van der Waals surface area contributed by atoms with Crippen molar-refractivity contribution in [3.05, 3.63) is 0 Å². The van der Waals surface area contributed by atoms with Crippen LogP contribution in [0.5, 0.6) is 0 Å². The summed E-state index contributed by atoms with van der Waals surface area (Å²) >= 11 is 0. The largest absolute Gasteiger partial charge is 0.481 e. The number of carboxylic acids is 1. The second-order valence-electron chi connectivity index (χ2n) is 5.51. The molecule has 17 heavy (non-hydrogen) atoms. The Hall–Kier alpha value is -0.610. The molecule has 0 aromatic carbocycles. The summed E-state index contributed by atoms with van der Waals surface area (Å²) in [6.45, 7) is 8.30. The Morgan fingerprint density at radius 1 is 1.18 bits per heavy atom. The van der Waals surface area contributed by atoms with E-state index in [-0.39, 0.29) is 0 Å². The lowest BCUT2D eigenvalue weighted by atomic mass is 9.84. The number of hydrogen-bond donors (Lipinski definition) is 1. The van der Waals surface area contributed by atoms with Crippen molar-refractivity contribution < 1.29 is 9.90 Å². The van der Waals surface area contributed by atoms with E-state index in [1.807, 2.05) is 6.92 Å². The molecule has 2 saturated heterocycles. The summed E-state index contributed by atoms with van der Waals surface area (Å²) in [5.74, 6) is -0.608. The lowest BCUT2D eigenvalue weighted by Gasteiger charge is -2.24. The van der Waals surface area contributed by atoms with E-state index < -0.39 is 11.4 Å². The van der Waals surface area contributed by atoms with Gasteiger partial charge in [-0.3, -0.25) is 4.79 Å². The van der Waals surface area contributed by atoms with Crippen molar-refractivity contribution in [2.45, 2.75) is 32.6 Å². The molecule has 0 spiro atoms. The standard InChI is InChI=1S/C13H24N2O2/c1-2-13(12(16)17)5-8-15(11-13)10-9-14-6-3-4-7-14/h2-11H2,1H3,(H,16,17). The highest BCUT2D eigenvalue weighted by Gasteiger charge is 2.42. The van der Waals surface area contributed by atoms with Crippen LogP contribution in [0.3, 0.4) is 0 Å². The van der Waals surface area contributed by atoms with Gasteiger partial charge in [0.25, 0.3) is 0 Å². The Bertz CT molecular complexity index is 277. The van der Waals surface area contributed by atoms with Gasteiger partial charge in [-0.15, -0.1) is 0 Å². The number of rotatable bonds is 5. The molecule has 2 fully saturated rings. The van der Waals surface area contributed by atoms with E-state index in [9.17, 15) is 9.90 Å². The first kappa shape index (κ1) is 12.8. The molecule has 2 rings (SSSR count). The predicted molar refractivity (Wildman–Crippen MR) is 67.1 cm³/mol. The molecule has 98 valence electrons. The van der Waals surface area contributed by atoms with Gasteiger partial charge in [-0.25, -0.2) is 0 Å². The zero-order chi connectivity index (χ0) is 12.3. The van der Waals surface area contributed by atoms with Gasteiger partial charge in [0, 0.05) is 19.6 Å². The fourth-order valence-electron chi connectivity index (χ4n) is 3.05. The van der Waals surface area contributed by atoms with Crippen molar-refractivity contribution in [2.75, 3.05) is 39.3 Å². The average molecular weight is 240 g/mol. The van der Waals surface area contributed by atoms with Crippen LogP contribution in [0.4, 0.5) is 0 Å². The van der Waals surface area contributed by atoms with Crippen LogP contribution in [0.25, 0.3) is 0 Å². The molecule has 2 heterocycles. The molecular formula is C13H24N2O2. The zero-order valence-corrected chi connectivity index (χ0v) is 10.8. The second kappa shape index (κ2) is 5.36. The molecule has 0 aromatic rings. The molecule has 2 aliphatic rings. The van der Waals surface area contributed by atoms with Crippen molar-refractivity contribution in [2.24, 2.45) is 5.41 Å². The summed E-state index contributed by atoms with van der Waals surface area (Å²) in [5, 5.41) is 9.32. The number of carboxylic acid groups (broad SMARTS) is 1. The molecule has 1 unspecified atom stereocenters. The normalized spacial score (nSPS) is 31.1. The maximum Gasteiger partial charge on any atom is 0.310 e. The molecule has 1 N–H and O–H groups in total. The first-order chi connectivity index (χ1) is 8.16. The fraction of sp³-hybridized carbons (Fsp3) is 0.923. The van der Waals surface area contributed by atoms with Crippen LogP contribution < -0.4 is 0 Å². The van der Waals surface area contributed by atoms with E-state index in [0.29, 0.717) is 0 Å². The predicted octanol–water partition coefficient (Wildman–Crippen LogP) is 1.27. The Balaban J connectivity index is 1.78. The highest BCUT2D eigenvalue weighted by Crippen LogP contribution is 2.33. The summed E-state index contributed by atoms with van der Waals surface area (Å²) in [6, 6.07) is 0. The van der Waals surface area contributed by atoms with Crippen LogP contribution in [0, 0.1) is 5.41 Å². The van der Waals surface area contributed by atoms with E-state index >= 15 is 0 Å². The summed E-state index contributed by atoms with van der Waals surface area (Å²) < 4.78 is 0. The summed E-state index contributed by atoms with van der Waals surface area (Å²) in [4.78, 5) is 16.1. The van der Waals surface area contributed by atoms with Gasteiger partial charge in [0.2, 0.25) is 0 Å². The molecule has 4 heteroatoms. The van der Waals surface area contributed by atoms with Gasteiger partial charge in [0.15, 0.2) is 0 Å². The zero-order valence-electron chi connectivity index (χ0n) is 10.8. The smallest absolute Gasteiger partial charge is 0.310 e. The number of hydrogen-bond acceptors (Lipinski definition) is 3. The Labute approximate surface area is 104 Å². The molecular weight excluding hydrogens is 216 g/mol. The molecule has 0 radical (unpaired) electrons. The molecule has 4 nitrogen and oxygen atoms in total. The van der Waals surface area contributed by atoms with Crippen LogP contribution in [0.15, 0.2) is 0 Å². The Kier molecular flexibility index (Phi) is 4.05. The minimum Gasteiger partial charge on any atom is -0.481 e. The maximum atomic E-state index is 11.3. The first-order valence-corrected chi connectivity index (χ1v) is 6.84. The lowest BCUT2D eigenvalue weighted by molar-refractivity contribution is -0.148. The highest BCUT2D eigenvalue weighted by atomic mass is 16.4. The molecule has 0 bridgehead atoms. The fourth-order valence-corrected chi connectivity index (χ4v) is 3.05. The molecule has 1 atom stereocenters. The third-order valence-electron chi connectivity index (χ3n) is 4.49. The molecule has 0 aliphatic carbocycles. The van der Waals surface area contributed by atoms with Gasteiger partial charge in [-0.1, -0.05) is 6.92 Å². The van der Waals surface area contributed by atoms with E-state index in [2.05, 4.69) is 9.80 Å². The third-order valence-corrected chi connectivity index (χ3v) is 4.49. The SMILES string of the molecule is CCC1(C(=O)O)CCN(CCN2CCCC2)C1. The minimum atomic E-state index is -0.608. The van der Waals surface area contributed by atoms with Crippen LogP contribution in [0.1, 0.15) is 32.6 Å². The quantitative estimate of drug-likeness (QED) is 0.786. The maximum absolute atomic E-state index is 11.3. The Morgan fingerprint density at radius 3 is 2.35 bits per heavy atom. The monoisotopic (exact) mass is 240 g/mol. The van der Waals surface area contributed by atoms with Crippen molar-refractivity contribution in [1.82, 2.24) is 9.80 Å². The number of likely N-dealkylation sites (tertiary alicyclic amines) is 2. The van der Waals surface area contributed by atoms with Gasteiger partial charge < -0.3 is 14.9 Å². The lowest BCUT2D eigenvalue weighted by Crippen LogP contribution is -2.37. The van der Waals surface area contributed by atoms with Crippen molar-refractivity contribution >= 4 is 5.97 Å². The van der Waals surface area contributed by atoms with E-state index in [4.69, 9.17) is 0 Å². The van der Waals surface area contributed by atoms with Gasteiger partial charge >= 0.3 is 5.97 Å². The van der Waals surface area contributed by atoms with E-state index in [1.165, 1.54) is 25.9 Å². The van der Waals surface area contributed by atoms with Gasteiger partial charge in [0.05, 0.1) is 5.41 Å². The summed E-state index contributed by atoms with van der Waals surface area (Å²) in [6.07, 6.45) is 4.23. The van der Waals surface area contributed by atoms with Crippen LogP contribution in [0.2, 0.25) is 0 Å². The van der Waals surface area contributed by atoms with Gasteiger partial charge in [-0.2, -0.15) is 0 Å². The number of carbonyl (C=O) groups is 1. The summed E-state index contributed by atoms with van der Waals surface area (Å²) in [5.41, 5.74) is -0.467. The molecule has 2 aliphatic heterocycles. The summed E-state index contributed by atoms with van der Waals surface area (Å²) in [7, 11) is 0. The van der Waals surface area contributed by atoms with Crippen LogP contribution in [-0.4, -0.2) is 60.1 Å². The van der Waals surface area contributed by atoms with Gasteiger partial charge in [-0.05, 0) is 45.3 Å². The number of nitrogens with zero attached hydrogens (tertiary/aromatic N) is 2. The van der Waals surface area contributed by atoms with Crippen LogP contribution in [-0.2, 0) is 4.79 Å². The van der Waals surface area contributed by atoms with Crippen molar-refractivity contribution in [1.29, 1.82) is 0 Å². The molecule has 0 aromatic heterocycles. The van der Waals surface area contributed by atoms with Gasteiger partial charge in [0.1, 0.15) is 0 Å². The van der Waals surface area contributed by atoms with Crippen molar-refractivity contribution in [3.8, 4) is 0 Å². The number of aliphatic carboxylic acids is 1.